The first-order valence-corrected chi connectivity index (χ1v) is 5.52. The third-order valence-electron chi connectivity index (χ3n) is 2.74. The van der Waals surface area contributed by atoms with Crippen molar-refractivity contribution in [2.45, 2.75) is 46.0 Å². The van der Waals surface area contributed by atoms with E-state index in [9.17, 15) is 0 Å². The van der Waals surface area contributed by atoms with Gasteiger partial charge in [-0.25, -0.2) is 0 Å². The van der Waals surface area contributed by atoms with Crippen LogP contribution in [0.3, 0.4) is 0 Å². The Labute approximate surface area is 90.8 Å². The summed E-state index contributed by atoms with van der Waals surface area (Å²) in [6.07, 6.45) is 3.40. The van der Waals surface area contributed by atoms with E-state index in [0.717, 1.165) is 12.2 Å². The monoisotopic (exact) mass is 211 g/mol. The Bertz CT molecular complexity index is 267. The number of nitrogens with two attached hydrogens (primary N) is 1. The lowest BCUT2D eigenvalue weighted by atomic mass is 9.79. The first-order valence-electron chi connectivity index (χ1n) is 5.52. The first-order chi connectivity index (χ1) is 7.09. The highest BCUT2D eigenvalue weighted by atomic mass is 15.5. The Balaban J connectivity index is 2.61. The lowest BCUT2D eigenvalue weighted by molar-refractivity contribution is 0.275. The molecule has 0 aliphatic heterocycles. The van der Waals surface area contributed by atoms with Crippen molar-refractivity contribution in [2.75, 3.05) is 6.54 Å². The largest absolute Gasteiger partial charge is 0.330 e. The second-order valence-electron chi connectivity index (χ2n) is 4.82. The van der Waals surface area contributed by atoms with Crippen LogP contribution in [0.4, 0.5) is 0 Å². The zero-order valence-corrected chi connectivity index (χ0v) is 9.82. The molecule has 5 heteroatoms. The van der Waals surface area contributed by atoms with Gasteiger partial charge in [-0.1, -0.05) is 32.4 Å². The van der Waals surface area contributed by atoms with Crippen LogP contribution in [0.2, 0.25) is 0 Å². The fourth-order valence-electron chi connectivity index (χ4n) is 2.07. The summed E-state index contributed by atoms with van der Waals surface area (Å²) in [7, 11) is 0. The first kappa shape index (κ1) is 12.1. The van der Waals surface area contributed by atoms with Crippen LogP contribution in [0.1, 0.15) is 51.8 Å². The van der Waals surface area contributed by atoms with Crippen molar-refractivity contribution < 1.29 is 0 Å². The van der Waals surface area contributed by atoms with Crippen molar-refractivity contribution in [2.24, 2.45) is 11.1 Å². The molecule has 1 aromatic heterocycles. The summed E-state index contributed by atoms with van der Waals surface area (Å²) in [5.41, 5.74) is 6.04. The van der Waals surface area contributed by atoms with Gasteiger partial charge in [0.05, 0.1) is 0 Å². The SMILES string of the molecule is CCCC(C)(C)CC(CN)c1nn[nH]n1. The van der Waals surface area contributed by atoms with Crippen LogP contribution < -0.4 is 5.73 Å². The predicted octanol–water partition coefficient (Wildman–Crippen LogP) is 1.46. The smallest absolute Gasteiger partial charge is 0.178 e. The zero-order valence-electron chi connectivity index (χ0n) is 9.82. The van der Waals surface area contributed by atoms with Gasteiger partial charge >= 0.3 is 0 Å². The van der Waals surface area contributed by atoms with Gasteiger partial charge < -0.3 is 5.73 Å². The molecule has 1 atom stereocenters. The van der Waals surface area contributed by atoms with Gasteiger partial charge in [-0.3, -0.25) is 0 Å². The average Bonchev–Trinajstić information content (AvgIpc) is 2.67. The molecule has 0 fully saturated rings. The molecule has 0 bridgehead atoms. The maximum absolute atomic E-state index is 5.75. The molecule has 0 saturated carbocycles. The average molecular weight is 211 g/mol. The molecule has 1 unspecified atom stereocenters. The van der Waals surface area contributed by atoms with E-state index in [-0.39, 0.29) is 5.92 Å². The van der Waals surface area contributed by atoms with Gasteiger partial charge in [-0.05, 0) is 18.3 Å². The Morgan fingerprint density at radius 3 is 2.67 bits per heavy atom. The lowest BCUT2D eigenvalue weighted by Crippen LogP contribution is -2.22. The Morgan fingerprint density at radius 2 is 2.20 bits per heavy atom. The third kappa shape index (κ3) is 3.58. The summed E-state index contributed by atoms with van der Waals surface area (Å²) >= 11 is 0. The van der Waals surface area contributed by atoms with E-state index < -0.39 is 0 Å². The van der Waals surface area contributed by atoms with Crippen molar-refractivity contribution in [1.82, 2.24) is 20.6 Å². The van der Waals surface area contributed by atoms with E-state index in [1.165, 1.54) is 12.8 Å². The van der Waals surface area contributed by atoms with Crippen molar-refractivity contribution in [3.05, 3.63) is 5.82 Å². The molecule has 1 aromatic rings. The number of hydrogen-bond donors (Lipinski definition) is 2. The molecule has 1 heterocycles. The number of tetrazole rings is 1. The normalized spacial score (nSPS) is 14.1. The second-order valence-corrected chi connectivity index (χ2v) is 4.82. The van der Waals surface area contributed by atoms with Crippen LogP contribution in [0.5, 0.6) is 0 Å². The van der Waals surface area contributed by atoms with Crippen LogP contribution in [0.15, 0.2) is 0 Å². The molecule has 1 rings (SSSR count). The molecule has 0 aromatic carbocycles. The highest BCUT2D eigenvalue weighted by Crippen LogP contribution is 2.33. The Hall–Kier alpha value is -0.970. The van der Waals surface area contributed by atoms with Crippen LogP contribution in [0.25, 0.3) is 0 Å². The van der Waals surface area contributed by atoms with E-state index in [2.05, 4.69) is 41.4 Å². The quantitative estimate of drug-likeness (QED) is 0.746. The molecule has 0 spiro atoms. The number of H-pyrrole nitrogens is 1. The van der Waals surface area contributed by atoms with Crippen LogP contribution in [0, 0.1) is 5.41 Å². The zero-order chi connectivity index (χ0) is 11.3. The second kappa shape index (κ2) is 5.21. The standard InChI is InChI=1S/C10H21N5/c1-4-5-10(2,3)6-8(7-11)9-12-14-15-13-9/h8H,4-7,11H2,1-3H3,(H,12,13,14,15). The van der Waals surface area contributed by atoms with Crippen molar-refractivity contribution in [3.8, 4) is 0 Å². The predicted molar refractivity (Wildman–Crippen MR) is 59.3 cm³/mol. The number of nitrogens with one attached hydrogen (secondary N) is 1. The minimum absolute atomic E-state index is 0.213. The number of aromatic amines is 1. The van der Waals surface area contributed by atoms with E-state index in [0.29, 0.717) is 12.0 Å². The molecule has 0 aliphatic carbocycles. The highest BCUT2D eigenvalue weighted by Gasteiger charge is 2.25. The molecular weight excluding hydrogens is 190 g/mol. The van der Waals surface area contributed by atoms with Crippen LogP contribution >= 0.6 is 0 Å². The van der Waals surface area contributed by atoms with Crippen LogP contribution in [-0.4, -0.2) is 27.2 Å². The van der Waals surface area contributed by atoms with Crippen LogP contribution in [-0.2, 0) is 0 Å². The molecule has 3 N–H and O–H groups in total. The maximum atomic E-state index is 5.75. The van der Waals surface area contributed by atoms with E-state index in [1.807, 2.05) is 0 Å². The Kier molecular flexibility index (Phi) is 4.20. The van der Waals surface area contributed by atoms with E-state index in [1.54, 1.807) is 0 Å². The topological polar surface area (TPSA) is 80.5 Å². The summed E-state index contributed by atoms with van der Waals surface area (Å²) in [6, 6.07) is 0. The van der Waals surface area contributed by atoms with E-state index >= 15 is 0 Å². The Morgan fingerprint density at radius 1 is 1.47 bits per heavy atom. The van der Waals surface area contributed by atoms with Gasteiger partial charge in [-0.2, -0.15) is 5.21 Å². The molecule has 0 aliphatic rings. The minimum atomic E-state index is 0.213. The fourth-order valence-corrected chi connectivity index (χ4v) is 2.07. The van der Waals surface area contributed by atoms with Crippen molar-refractivity contribution in [3.63, 3.8) is 0 Å². The molecular formula is C10H21N5. The summed E-state index contributed by atoms with van der Waals surface area (Å²) in [6.45, 7) is 7.30. The van der Waals surface area contributed by atoms with Gasteiger partial charge in [0.1, 0.15) is 0 Å². The summed E-state index contributed by atoms with van der Waals surface area (Å²) in [4.78, 5) is 0. The third-order valence-corrected chi connectivity index (χ3v) is 2.74. The molecule has 0 radical (unpaired) electrons. The molecule has 5 nitrogen and oxygen atoms in total. The van der Waals surface area contributed by atoms with Gasteiger partial charge in [0.15, 0.2) is 5.82 Å². The number of hydrogen-bond acceptors (Lipinski definition) is 4. The molecule has 0 amide bonds. The van der Waals surface area contributed by atoms with Gasteiger partial charge in [0.2, 0.25) is 0 Å². The molecule has 86 valence electrons. The van der Waals surface area contributed by atoms with Crippen molar-refractivity contribution in [1.29, 1.82) is 0 Å². The molecule has 15 heavy (non-hydrogen) atoms. The van der Waals surface area contributed by atoms with Gasteiger partial charge in [0, 0.05) is 12.5 Å². The number of nitrogens with zero attached hydrogens (tertiary/aromatic N) is 3. The number of rotatable bonds is 6. The lowest BCUT2D eigenvalue weighted by Gasteiger charge is -2.27. The molecule has 0 saturated heterocycles. The maximum Gasteiger partial charge on any atom is 0.178 e. The van der Waals surface area contributed by atoms with E-state index in [4.69, 9.17) is 5.73 Å². The number of aromatic nitrogens is 4. The van der Waals surface area contributed by atoms with Gasteiger partial charge in [-0.15, -0.1) is 10.2 Å². The minimum Gasteiger partial charge on any atom is -0.330 e. The highest BCUT2D eigenvalue weighted by molar-refractivity contribution is 4.94. The summed E-state index contributed by atoms with van der Waals surface area (Å²) in [5, 5.41) is 14.1. The summed E-state index contributed by atoms with van der Waals surface area (Å²) in [5.74, 6) is 0.951. The summed E-state index contributed by atoms with van der Waals surface area (Å²) < 4.78 is 0. The fraction of sp³-hybridized carbons (Fsp3) is 0.900. The van der Waals surface area contributed by atoms with Gasteiger partial charge in [0.25, 0.3) is 0 Å². The van der Waals surface area contributed by atoms with Crippen molar-refractivity contribution >= 4 is 0 Å².